The van der Waals surface area contributed by atoms with E-state index in [2.05, 4.69) is 34.0 Å². The molecule has 3 rings (SSSR count). The summed E-state index contributed by atoms with van der Waals surface area (Å²) in [4.78, 5) is 10.8. The van der Waals surface area contributed by atoms with Crippen LogP contribution in [0, 0.1) is 11.8 Å². The second-order valence-corrected chi connectivity index (χ2v) is 6.22. The fourth-order valence-corrected chi connectivity index (χ4v) is 3.60. The Hall–Kier alpha value is -1.07. The summed E-state index contributed by atoms with van der Waals surface area (Å²) in [6.07, 6.45) is 1.62. The maximum absolute atomic E-state index is 6.28. The zero-order chi connectivity index (χ0) is 13.6. The molecule has 3 heterocycles. The lowest BCUT2D eigenvalue weighted by molar-refractivity contribution is 0.353. The minimum atomic E-state index is 0.0389. The van der Waals surface area contributed by atoms with Gasteiger partial charge in [0.25, 0.3) is 0 Å². The van der Waals surface area contributed by atoms with E-state index in [-0.39, 0.29) is 5.54 Å². The van der Waals surface area contributed by atoms with Gasteiger partial charge >= 0.3 is 6.01 Å². The van der Waals surface area contributed by atoms with Gasteiger partial charge in [0.2, 0.25) is 0 Å². The van der Waals surface area contributed by atoms with Crippen LogP contribution in [0.3, 0.4) is 0 Å². The Morgan fingerprint density at radius 2 is 2.26 bits per heavy atom. The molecule has 0 aromatic carbocycles. The number of ether oxygens (including phenoxy) is 1. The largest absolute Gasteiger partial charge is 0.467 e. The first-order chi connectivity index (χ1) is 9.04. The minimum absolute atomic E-state index is 0.0389. The normalized spacial score (nSPS) is 28.5. The summed E-state index contributed by atoms with van der Waals surface area (Å²) in [6.45, 7) is 7.63. The Bertz CT molecular complexity index is 494. The molecule has 0 bridgehead atoms. The van der Waals surface area contributed by atoms with Gasteiger partial charge in [-0.2, -0.15) is 4.98 Å². The van der Waals surface area contributed by atoms with Crippen molar-refractivity contribution in [2.75, 3.05) is 31.6 Å². The summed E-state index contributed by atoms with van der Waals surface area (Å²) >= 11 is 6.28. The van der Waals surface area contributed by atoms with E-state index in [4.69, 9.17) is 16.3 Å². The Kier molecular flexibility index (Phi) is 3.06. The van der Waals surface area contributed by atoms with Gasteiger partial charge in [-0.1, -0.05) is 11.6 Å². The summed E-state index contributed by atoms with van der Waals surface area (Å²) in [5, 5.41) is 4.06. The lowest BCUT2D eigenvalue weighted by Crippen LogP contribution is -2.45. The van der Waals surface area contributed by atoms with Crippen LogP contribution in [-0.4, -0.2) is 42.3 Å². The van der Waals surface area contributed by atoms with Gasteiger partial charge in [-0.15, -0.1) is 0 Å². The number of halogens is 1. The molecule has 0 saturated carbocycles. The first kappa shape index (κ1) is 12.9. The van der Waals surface area contributed by atoms with E-state index in [1.807, 2.05) is 0 Å². The summed E-state index contributed by atoms with van der Waals surface area (Å²) < 4.78 is 5.11. The van der Waals surface area contributed by atoms with Crippen LogP contribution in [0.25, 0.3) is 0 Å². The molecule has 2 fully saturated rings. The van der Waals surface area contributed by atoms with E-state index in [0.717, 1.165) is 25.5 Å². The lowest BCUT2D eigenvalue weighted by atomic mass is 9.85. The van der Waals surface area contributed by atoms with Gasteiger partial charge in [-0.05, 0) is 25.7 Å². The summed E-state index contributed by atoms with van der Waals surface area (Å²) in [5.41, 5.74) is 0.0389. The predicted octanol–water partition coefficient (Wildman–Crippen LogP) is 1.57. The Labute approximate surface area is 118 Å². The Balaban J connectivity index is 1.98. The second kappa shape index (κ2) is 4.49. The highest BCUT2D eigenvalue weighted by Gasteiger charge is 2.50. The zero-order valence-corrected chi connectivity index (χ0v) is 12.2. The topological polar surface area (TPSA) is 50.3 Å². The van der Waals surface area contributed by atoms with Crippen molar-refractivity contribution in [3.63, 3.8) is 0 Å². The minimum Gasteiger partial charge on any atom is -0.467 e. The number of nitrogens with zero attached hydrogens (tertiary/aromatic N) is 3. The van der Waals surface area contributed by atoms with Gasteiger partial charge in [0, 0.05) is 25.2 Å². The standard InChI is InChI=1S/C13H19ClN4O/c1-13(2)9-5-15-4-8(9)7-18(13)11-10(14)6-16-12(17-11)19-3/h6,8-9,15H,4-5,7H2,1-3H3. The van der Waals surface area contributed by atoms with Crippen LogP contribution >= 0.6 is 11.6 Å². The first-order valence-electron chi connectivity index (χ1n) is 6.59. The average Bonchev–Trinajstić information content (AvgIpc) is 2.93. The van der Waals surface area contributed by atoms with Gasteiger partial charge in [-0.25, -0.2) is 4.98 Å². The third kappa shape index (κ3) is 1.96. The summed E-state index contributed by atoms with van der Waals surface area (Å²) in [6, 6.07) is 0.366. The van der Waals surface area contributed by atoms with Crippen LogP contribution in [0.4, 0.5) is 5.82 Å². The van der Waals surface area contributed by atoms with Gasteiger partial charge < -0.3 is 15.0 Å². The Morgan fingerprint density at radius 1 is 1.47 bits per heavy atom. The quantitative estimate of drug-likeness (QED) is 0.892. The smallest absolute Gasteiger partial charge is 0.318 e. The van der Waals surface area contributed by atoms with Crippen LogP contribution in [-0.2, 0) is 0 Å². The molecule has 6 heteroatoms. The van der Waals surface area contributed by atoms with E-state index in [1.165, 1.54) is 0 Å². The fourth-order valence-electron chi connectivity index (χ4n) is 3.41. The van der Waals surface area contributed by atoms with Crippen LogP contribution in [0.15, 0.2) is 6.20 Å². The Morgan fingerprint density at radius 3 is 2.95 bits per heavy atom. The van der Waals surface area contributed by atoms with Gasteiger partial charge in [0.1, 0.15) is 5.02 Å². The van der Waals surface area contributed by atoms with Crippen molar-refractivity contribution in [2.45, 2.75) is 19.4 Å². The summed E-state index contributed by atoms with van der Waals surface area (Å²) in [5.74, 6) is 2.07. The van der Waals surface area contributed by atoms with Crippen molar-refractivity contribution in [3.05, 3.63) is 11.2 Å². The molecule has 0 amide bonds. The highest BCUT2D eigenvalue weighted by atomic mass is 35.5. The molecule has 0 aliphatic carbocycles. The highest BCUT2D eigenvalue weighted by Crippen LogP contribution is 2.44. The van der Waals surface area contributed by atoms with Crippen LogP contribution in [0.2, 0.25) is 5.02 Å². The maximum Gasteiger partial charge on any atom is 0.318 e. The van der Waals surface area contributed by atoms with Crippen LogP contribution in [0.5, 0.6) is 6.01 Å². The predicted molar refractivity (Wildman–Crippen MR) is 74.9 cm³/mol. The van der Waals surface area contributed by atoms with E-state index < -0.39 is 0 Å². The number of anilines is 1. The molecule has 19 heavy (non-hydrogen) atoms. The molecule has 0 radical (unpaired) electrons. The number of nitrogens with one attached hydrogen (secondary N) is 1. The molecule has 0 spiro atoms. The highest BCUT2D eigenvalue weighted by molar-refractivity contribution is 6.32. The van der Waals surface area contributed by atoms with Crippen molar-refractivity contribution in [3.8, 4) is 6.01 Å². The van der Waals surface area contributed by atoms with E-state index in [0.29, 0.717) is 22.9 Å². The fraction of sp³-hybridized carbons (Fsp3) is 0.692. The molecular formula is C13H19ClN4O. The van der Waals surface area contributed by atoms with Crippen LogP contribution in [0.1, 0.15) is 13.8 Å². The SMILES string of the molecule is COc1ncc(Cl)c(N2CC3CNCC3C2(C)C)n1. The number of aromatic nitrogens is 2. The van der Waals surface area contributed by atoms with E-state index >= 15 is 0 Å². The molecule has 104 valence electrons. The van der Waals surface area contributed by atoms with Crippen molar-refractivity contribution in [1.29, 1.82) is 0 Å². The third-order valence-electron chi connectivity index (χ3n) is 4.50. The molecule has 1 aromatic heterocycles. The number of hydrogen-bond donors (Lipinski definition) is 1. The number of methoxy groups -OCH3 is 1. The van der Waals surface area contributed by atoms with E-state index in [9.17, 15) is 0 Å². The maximum atomic E-state index is 6.28. The van der Waals surface area contributed by atoms with Crippen molar-refractivity contribution in [1.82, 2.24) is 15.3 Å². The molecule has 2 atom stereocenters. The lowest BCUT2D eigenvalue weighted by Gasteiger charge is -2.36. The monoisotopic (exact) mass is 282 g/mol. The molecule has 1 aromatic rings. The number of rotatable bonds is 2. The van der Waals surface area contributed by atoms with Crippen molar-refractivity contribution < 1.29 is 4.74 Å². The first-order valence-corrected chi connectivity index (χ1v) is 6.96. The molecule has 2 saturated heterocycles. The van der Waals surface area contributed by atoms with Crippen molar-refractivity contribution >= 4 is 17.4 Å². The third-order valence-corrected chi connectivity index (χ3v) is 4.77. The molecular weight excluding hydrogens is 264 g/mol. The van der Waals surface area contributed by atoms with Gasteiger partial charge in [-0.3, -0.25) is 0 Å². The average molecular weight is 283 g/mol. The van der Waals surface area contributed by atoms with E-state index in [1.54, 1.807) is 13.3 Å². The van der Waals surface area contributed by atoms with Crippen LogP contribution < -0.4 is 15.0 Å². The van der Waals surface area contributed by atoms with Crippen molar-refractivity contribution in [2.24, 2.45) is 11.8 Å². The molecule has 2 aliphatic rings. The molecule has 1 N–H and O–H groups in total. The zero-order valence-electron chi connectivity index (χ0n) is 11.5. The van der Waals surface area contributed by atoms with Gasteiger partial charge in [0.05, 0.1) is 13.3 Å². The second-order valence-electron chi connectivity index (χ2n) is 5.82. The summed E-state index contributed by atoms with van der Waals surface area (Å²) in [7, 11) is 1.57. The molecule has 2 aliphatic heterocycles. The van der Waals surface area contributed by atoms with Gasteiger partial charge in [0.15, 0.2) is 5.82 Å². The number of hydrogen-bond acceptors (Lipinski definition) is 5. The number of fused-ring (bicyclic) bond motifs is 1. The molecule has 2 unspecified atom stereocenters. The molecule has 5 nitrogen and oxygen atoms in total.